The van der Waals surface area contributed by atoms with E-state index < -0.39 is 0 Å². The summed E-state index contributed by atoms with van der Waals surface area (Å²) in [6.07, 6.45) is 0. The molecule has 0 amide bonds. The number of rotatable bonds is 1. The first-order chi connectivity index (χ1) is 7.45. The Morgan fingerprint density at radius 1 is 0.933 bits per heavy atom. The van der Waals surface area contributed by atoms with Gasteiger partial charge in [-0.2, -0.15) is 4.37 Å². The van der Waals surface area contributed by atoms with Crippen molar-refractivity contribution in [3.05, 3.63) is 48.0 Å². The summed E-state index contributed by atoms with van der Waals surface area (Å²) < 4.78 is 4.27. The lowest BCUT2D eigenvalue weighted by Gasteiger charge is -2.01. The van der Waals surface area contributed by atoms with Gasteiger partial charge in [-0.05, 0) is 22.3 Å². The quantitative estimate of drug-likeness (QED) is 0.618. The molecule has 2 aromatic carbocycles. The molecule has 0 aliphatic rings. The van der Waals surface area contributed by atoms with E-state index in [0.29, 0.717) is 0 Å². The van der Waals surface area contributed by atoms with Crippen LogP contribution in [0.3, 0.4) is 0 Å². The molecule has 0 saturated carbocycles. The van der Waals surface area contributed by atoms with Gasteiger partial charge in [0, 0.05) is 5.56 Å². The van der Waals surface area contributed by atoms with Gasteiger partial charge in [-0.25, -0.2) is 4.98 Å². The van der Waals surface area contributed by atoms with Gasteiger partial charge in [-0.1, -0.05) is 42.5 Å². The van der Waals surface area contributed by atoms with Gasteiger partial charge in [-0.15, -0.1) is 0 Å². The van der Waals surface area contributed by atoms with Gasteiger partial charge < -0.3 is 0 Å². The van der Waals surface area contributed by atoms with E-state index in [1.165, 1.54) is 22.3 Å². The molecule has 0 bridgehead atoms. The lowest BCUT2D eigenvalue weighted by Crippen LogP contribution is -1.82. The van der Waals surface area contributed by atoms with Crippen LogP contribution < -0.4 is 0 Å². The molecule has 72 valence electrons. The average molecular weight is 212 g/mol. The van der Waals surface area contributed by atoms with Crippen molar-refractivity contribution in [3.63, 3.8) is 0 Å². The molecule has 0 fully saturated rings. The van der Waals surface area contributed by atoms with Gasteiger partial charge in [0.2, 0.25) is 0 Å². The Morgan fingerprint density at radius 3 is 2.67 bits per heavy atom. The van der Waals surface area contributed by atoms with Crippen molar-refractivity contribution < 1.29 is 0 Å². The highest BCUT2D eigenvalue weighted by atomic mass is 32.1. The third kappa shape index (κ3) is 1.41. The minimum atomic E-state index is 0.816. The summed E-state index contributed by atoms with van der Waals surface area (Å²) in [5.41, 5.74) is 2.87. The van der Waals surface area contributed by atoms with E-state index in [1.807, 2.05) is 18.2 Å². The van der Waals surface area contributed by atoms with Crippen LogP contribution in [0.25, 0.3) is 22.2 Å². The van der Waals surface area contributed by atoms with Crippen LogP contribution in [0, 0.1) is 0 Å². The third-order valence-corrected chi connectivity index (χ3v) is 2.87. The van der Waals surface area contributed by atoms with Crippen molar-refractivity contribution in [1.82, 2.24) is 9.36 Å². The normalized spacial score (nSPS) is 10.7. The topological polar surface area (TPSA) is 25.8 Å². The summed E-state index contributed by atoms with van der Waals surface area (Å²) in [5.74, 6) is 0.816. The second-order valence-corrected chi connectivity index (χ2v) is 3.89. The molecule has 3 rings (SSSR count). The molecule has 0 aliphatic carbocycles. The van der Waals surface area contributed by atoms with Crippen molar-refractivity contribution in [2.75, 3.05) is 0 Å². The smallest absolute Gasteiger partial charge is 0.173 e. The molecule has 0 aliphatic heterocycles. The van der Waals surface area contributed by atoms with Gasteiger partial charge in [0.15, 0.2) is 5.82 Å². The molecular formula is C12H8N2S. The second-order valence-electron chi connectivity index (χ2n) is 3.28. The number of benzene rings is 2. The fraction of sp³-hybridized carbons (Fsp3) is 0. The highest BCUT2D eigenvalue weighted by molar-refractivity contribution is 7.03. The third-order valence-electron chi connectivity index (χ3n) is 2.39. The van der Waals surface area contributed by atoms with Crippen LogP contribution in [0.1, 0.15) is 0 Å². The predicted octanol–water partition coefficient (Wildman–Crippen LogP) is 3.36. The maximum Gasteiger partial charge on any atom is 0.173 e. The van der Waals surface area contributed by atoms with Crippen molar-refractivity contribution in [3.8, 4) is 11.4 Å². The maximum absolute atomic E-state index is 4.27. The van der Waals surface area contributed by atoms with Crippen LogP contribution in [0.5, 0.6) is 0 Å². The minimum Gasteiger partial charge on any atom is -0.223 e. The van der Waals surface area contributed by atoms with E-state index in [-0.39, 0.29) is 0 Å². The average Bonchev–Trinajstić information content (AvgIpc) is 2.82. The predicted molar refractivity (Wildman–Crippen MR) is 62.9 cm³/mol. The van der Waals surface area contributed by atoms with Crippen LogP contribution >= 0.6 is 11.5 Å². The summed E-state index contributed by atoms with van der Waals surface area (Å²) in [6, 6.07) is 14.5. The molecule has 0 atom stereocenters. The van der Waals surface area contributed by atoms with Crippen LogP contribution in [-0.2, 0) is 0 Å². The Hall–Kier alpha value is -1.74. The standard InChI is InChI=1S/C12H8N2S/c1-2-6-10-9(4-1)5-3-7-11(10)12-13-8-15-14-12/h1-8H. The largest absolute Gasteiger partial charge is 0.223 e. The van der Waals surface area contributed by atoms with E-state index in [2.05, 4.69) is 33.6 Å². The van der Waals surface area contributed by atoms with Crippen LogP contribution in [0.15, 0.2) is 48.0 Å². The second kappa shape index (κ2) is 3.44. The fourth-order valence-corrected chi connectivity index (χ4v) is 2.15. The molecule has 2 nitrogen and oxygen atoms in total. The van der Waals surface area contributed by atoms with E-state index in [1.54, 1.807) is 5.51 Å². The first-order valence-electron chi connectivity index (χ1n) is 4.70. The Balaban J connectivity index is 2.36. The van der Waals surface area contributed by atoms with E-state index >= 15 is 0 Å². The summed E-state index contributed by atoms with van der Waals surface area (Å²) in [5, 5.41) is 2.43. The van der Waals surface area contributed by atoms with Crippen LogP contribution in [0.4, 0.5) is 0 Å². The van der Waals surface area contributed by atoms with Crippen LogP contribution in [-0.4, -0.2) is 9.36 Å². The molecule has 0 unspecified atom stereocenters. The maximum atomic E-state index is 4.27. The number of fused-ring (bicyclic) bond motifs is 1. The van der Waals surface area contributed by atoms with E-state index in [9.17, 15) is 0 Å². The van der Waals surface area contributed by atoms with Gasteiger partial charge in [0.05, 0.1) is 0 Å². The van der Waals surface area contributed by atoms with Gasteiger partial charge in [0.1, 0.15) is 5.51 Å². The number of nitrogens with zero attached hydrogens (tertiary/aromatic N) is 2. The lowest BCUT2D eigenvalue weighted by atomic mass is 10.0. The molecule has 3 heteroatoms. The van der Waals surface area contributed by atoms with Crippen molar-refractivity contribution in [2.45, 2.75) is 0 Å². The number of aromatic nitrogens is 2. The zero-order valence-electron chi connectivity index (χ0n) is 7.92. The monoisotopic (exact) mass is 212 g/mol. The van der Waals surface area contributed by atoms with Gasteiger partial charge in [-0.3, -0.25) is 0 Å². The molecule has 15 heavy (non-hydrogen) atoms. The minimum absolute atomic E-state index is 0.816. The SMILES string of the molecule is c1ccc2c(-c3ncsn3)cccc2c1. The Labute approximate surface area is 91.4 Å². The van der Waals surface area contributed by atoms with Crippen molar-refractivity contribution >= 4 is 22.3 Å². The number of hydrogen-bond donors (Lipinski definition) is 0. The van der Waals surface area contributed by atoms with Crippen molar-refractivity contribution in [1.29, 1.82) is 0 Å². The molecule has 0 spiro atoms. The summed E-state index contributed by atoms with van der Waals surface area (Å²) in [4.78, 5) is 4.24. The Bertz CT molecular complexity index is 582. The molecule has 1 heterocycles. The first kappa shape index (κ1) is 8.56. The first-order valence-corrected chi connectivity index (χ1v) is 5.53. The van der Waals surface area contributed by atoms with Gasteiger partial charge >= 0.3 is 0 Å². The van der Waals surface area contributed by atoms with E-state index in [0.717, 1.165) is 11.4 Å². The summed E-state index contributed by atoms with van der Waals surface area (Å²) in [6.45, 7) is 0. The molecule has 0 radical (unpaired) electrons. The van der Waals surface area contributed by atoms with Crippen LogP contribution in [0.2, 0.25) is 0 Å². The molecule has 0 N–H and O–H groups in total. The zero-order valence-corrected chi connectivity index (χ0v) is 8.74. The summed E-state index contributed by atoms with van der Waals surface area (Å²) in [7, 11) is 0. The molecule has 1 aromatic heterocycles. The number of hydrogen-bond acceptors (Lipinski definition) is 3. The summed E-state index contributed by atoms with van der Waals surface area (Å²) >= 11 is 1.38. The lowest BCUT2D eigenvalue weighted by molar-refractivity contribution is 1.33. The zero-order chi connectivity index (χ0) is 10.1. The molecule has 0 saturated heterocycles. The van der Waals surface area contributed by atoms with E-state index in [4.69, 9.17) is 0 Å². The van der Waals surface area contributed by atoms with Crippen molar-refractivity contribution in [2.24, 2.45) is 0 Å². The van der Waals surface area contributed by atoms with Gasteiger partial charge in [0.25, 0.3) is 0 Å². The highest BCUT2D eigenvalue weighted by Gasteiger charge is 2.05. The highest BCUT2D eigenvalue weighted by Crippen LogP contribution is 2.26. The molecular weight excluding hydrogens is 204 g/mol. The fourth-order valence-electron chi connectivity index (χ4n) is 1.71. The Morgan fingerprint density at radius 2 is 1.80 bits per heavy atom. The Kier molecular flexibility index (Phi) is 1.96. The molecule has 3 aromatic rings.